The SMILES string of the molecule is COCc1ccc(C(=O)NCC(c2ccco2)N(C)C)cc1. The number of hydrogen-bond acceptors (Lipinski definition) is 4. The summed E-state index contributed by atoms with van der Waals surface area (Å²) in [5, 5.41) is 2.95. The third-order valence-corrected chi connectivity index (χ3v) is 3.48. The van der Waals surface area contributed by atoms with Crippen LogP contribution in [0, 0.1) is 0 Å². The Balaban J connectivity index is 1.96. The summed E-state index contributed by atoms with van der Waals surface area (Å²) in [6.07, 6.45) is 1.64. The van der Waals surface area contributed by atoms with Gasteiger partial charge in [0.1, 0.15) is 5.76 Å². The van der Waals surface area contributed by atoms with Gasteiger partial charge in [0.2, 0.25) is 0 Å². The van der Waals surface area contributed by atoms with E-state index in [1.54, 1.807) is 25.5 Å². The first-order chi connectivity index (χ1) is 10.6. The number of ether oxygens (including phenoxy) is 1. The van der Waals surface area contributed by atoms with Gasteiger partial charge in [0.05, 0.1) is 18.9 Å². The van der Waals surface area contributed by atoms with Crippen molar-refractivity contribution in [3.8, 4) is 0 Å². The Morgan fingerprint density at radius 1 is 1.27 bits per heavy atom. The van der Waals surface area contributed by atoms with Crippen molar-refractivity contribution in [2.45, 2.75) is 12.6 Å². The molecule has 0 saturated carbocycles. The van der Waals surface area contributed by atoms with Crippen molar-refractivity contribution >= 4 is 5.91 Å². The van der Waals surface area contributed by atoms with Crippen molar-refractivity contribution in [2.24, 2.45) is 0 Å². The van der Waals surface area contributed by atoms with Gasteiger partial charge in [-0.2, -0.15) is 0 Å². The zero-order valence-electron chi connectivity index (χ0n) is 13.2. The summed E-state index contributed by atoms with van der Waals surface area (Å²) >= 11 is 0. The van der Waals surface area contributed by atoms with E-state index in [9.17, 15) is 4.79 Å². The Morgan fingerprint density at radius 2 is 2.00 bits per heavy atom. The summed E-state index contributed by atoms with van der Waals surface area (Å²) in [4.78, 5) is 14.2. The van der Waals surface area contributed by atoms with E-state index >= 15 is 0 Å². The summed E-state index contributed by atoms with van der Waals surface area (Å²) in [6, 6.07) is 11.2. The van der Waals surface area contributed by atoms with Crippen LogP contribution in [0.5, 0.6) is 0 Å². The highest BCUT2D eigenvalue weighted by molar-refractivity contribution is 5.94. The lowest BCUT2D eigenvalue weighted by Crippen LogP contribution is -2.34. The molecule has 1 amide bonds. The highest BCUT2D eigenvalue weighted by atomic mass is 16.5. The van der Waals surface area contributed by atoms with Gasteiger partial charge < -0.3 is 14.5 Å². The van der Waals surface area contributed by atoms with E-state index in [4.69, 9.17) is 9.15 Å². The van der Waals surface area contributed by atoms with Crippen LogP contribution in [0.3, 0.4) is 0 Å². The van der Waals surface area contributed by atoms with Crippen LogP contribution in [0.4, 0.5) is 0 Å². The van der Waals surface area contributed by atoms with E-state index in [2.05, 4.69) is 5.32 Å². The lowest BCUT2D eigenvalue weighted by Gasteiger charge is -2.22. The number of nitrogens with zero attached hydrogens (tertiary/aromatic N) is 1. The molecular formula is C17H22N2O3. The molecule has 0 aliphatic carbocycles. The highest BCUT2D eigenvalue weighted by Gasteiger charge is 2.18. The first-order valence-corrected chi connectivity index (χ1v) is 7.17. The van der Waals surface area contributed by atoms with Crippen LogP contribution < -0.4 is 5.32 Å². The molecule has 1 N–H and O–H groups in total. The first-order valence-electron chi connectivity index (χ1n) is 7.17. The van der Waals surface area contributed by atoms with Crippen molar-refractivity contribution in [1.82, 2.24) is 10.2 Å². The molecule has 118 valence electrons. The molecule has 1 aromatic heterocycles. The molecule has 0 radical (unpaired) electrons. The number of benzene rings is 1. The van der Waals surface area contributed by atoms with Gasteiger partial charge in [-0.1, -0.05) is 12.1 Å². The molecule has 1 heterocycles. The normalized spacial score (nSPS) is 12.4. The number of furan rings is 1. The summed E-state index contributed by atoms with van der Waals surface area (Å²) in [5.41, 5.74) is 1.68. The third-order valence-electron chi connectivity index (χ3n) is 3.48. The van der Waals surface area contributed by atoms with Crippen molar-refractivity contribution in [3.05, 3.63) is 59.5 Å². The fraction of sp³-hybridized carbons (Fsp3) is 0.353. The van der Waals surface area contributed by atoms with Crippen LogP contribution >= 0.6 is 0 Å². The monoisotopic (exact) mass is 302 g/mol. The van der Waals surface area contributed by atoms with E-state index in [1.165, 1.54) is 0 Å². The fourth-order valence-electron chi connectivity index (χ4n) is 2.23. The Bertz CT molecular complexity index is 576. The maximum Gasteiger partial charge on any atom is 0.251 e. The fourth-order valence-corrected chi connectivity index (χ4v) is 2.23. The van der Waals surface area contributed by atoms with E-state index in [0.29, 0.717) is 18.7 Å². The minimum Gasteiger partial charge on any atom is -0.468 e. The number of rotatable bonds is 7. The average Bonchev–Trinajstić information content (AvgIpc) is 3.02. The smallest absolute Gasteiger partial charge is 0.251 e. The third kappa shape index (κ3) is 4.19. The summed E-state index contributed by atoms with van der Waals surface area (Å²) in [7, 11) is 5.56. The largest absolute Gasteiger partial charge is 0.468 e. The van der Waals surface area contributed by atoms with Crippen molar-refractivity contribution in [1.29, 1.82) is 0 Å². The van der Waals surface area contributed by atoms with Gasteiger partial charge in [0, 0.05) is 19.2 Å². The molecule has 2 aromatic rings. The van der Waals surface area contributed by atoms with Gasteiger partial charge in [0.25, 0.3) is 5.91 Å². The molecule has 0 fully saturated rings. The van der Waals surface area contributed by atoms with Crippen LogP contribution in [-0.2, 0) is 11.3 Å². The molecule has 1 aromatic carbocycles. The van der Waals surface area contributed by atoms with Gasteiger partial charge in [-0.15, -0.1) is 0 Å². The number of carbonyl (C=O) groups is 1. The highest BCUT2D eigenvalue weighted by Crippen LogP contribution is 2.17. The van der Waals surface area contributed by atoms with E-state index < -0.39 is 0 Å². The van der Waals surface area contributed by atoms with Crippen LogP contribution in [0.2, 0.25) is 0 Å². The summed E-state index contributed by atoms with van der Waals surface area (Å²) < 4.78 is 10.5. The Morgan fingerprint density at radius 3 is 2.55 bits per heavy atom. The van der Waals surface area contributed by atoms with Crippen molar-refractivity contribution in [2.75, 3.05) is 27.7 Å². The van der Waals surface area contributed by atoms with E-state index in [0.717, 1.165) is 11.3 Å². The topological polar surface area (TPSA) is 54.7 Å². The van der Waals surface area contributed by atoms with Crippen LogP contribution in [0.15, 0.2) is 47.1 Å². The molecule has 1 unspecified atom stereocenters. The quantitative estimate of drug-likeness (QED) is 0.853. The van der Waals surface area contributed by atoms with Gasteiger partial charge in [-0.3, -0.25) is 9.69 Å². The second kappa shape index (κ2) is 7.77. The maximum absolute atomic E-state index is 12.2. The molecular weight excluding hydrogens is 280 g/mol. The van der Waals surface area contributed by atoms with Gasteiger partial charge in [0.15, 0.2) is 0 Å². The number of carbonyl (C=O) groups excluding carboxylic acids is 1. The molecule has 2 rings (SSSR count). The second-order valence-corrected chi connectivity index (χ2v) is 5.33. The Labute approximate surface area is 130 Å². The molecule has 0 spiro atoms. The molecule has 5 heteroatoms. The Kier molecular flexibility index (Phi) is 5.75. The molecule has 5 nitrogen and oxygen atoms in total. The number of likely N-dealkylation sites (N-methyl/N-ethyl adjacent to an activating group) is 1. The number of hydrogen-bond donors (Lipinski definition) is 1. The molecule has 0 bridgehead atoms. The first kappa shape index (κ1) is 16.3. The number of amides is 1. The molecule has 22 heavy (non-hydrogen) atoms. The van der Waals surface area contributed by atoms with Crippen LogP contribution in [-0.4, -0.2) is 38.6 Å². The predicted octanol–water partition coefficient (Wildman–Crippen LogP) is 2.46. The molecule has 1 atom stereocenters. The van der Waals surface area contributed by atoms with Gasteiger partial charge in [-0.25, -0.2) is 0 Å². The zero-order chi connectivity index (χ0) is 15.9. The van der Waals surface area contributed by atoms with Crippen molar-refractivity contribution in [3.63, 3.8) is 0 Å². The zero-order valence-corrected chi connectivity index (χ0v) is 13.2. The van der Waals surface area contributed by atoms with Gasteiger partial charge in [-0.05, 0) is 43.9 Å². The van der Waals surface area contributed by atoms with Crippen LogP contribution in [0.1, 0.15) is 27.7 Å². The minimum atomic E-state index is -0.0950. The Hall–Kier alpha value is -2.11. The van der Waals surface area contributed by atoms with Crippen LogP contribution in [0.25, 0.3) is 0 Å². The standard InChI is InChI=1S/C17H22N2O3/c1-19(2)15(16-5-4-10-22-16)11-18-17(20)14-8-6-13(7-9-14)12-21-3/h4-10,15H,11-12H2,1-3H3,(H,18,20). The lowest BCUT2D eigenvalue weighted by atomic mass is 10.1. The molecule has 0 saturated heterocycles. The summed E-state index contributed by atoms with van der Waals surface area (Å²) in [5.74, 6) is 0.739. The van der Waals surface area contributed by atoms with Crippen molar-refractivity contribution < 1.29 is 13.9 Å². The van der Waals surface area contributed by atoms with E-state index in [1.807, 2.05) is 43.3 Å². The van der Waals surface area contributed by atoms with E-state index in [-0.39, 0.29) is 11.9 Å². The number of nitrogens with one attached hydrogen (secondary N) is 1. The maximum atomic E-state index is 12.2. The molecule has 0 aliphatic heterocycles. The lowest BCUT2D eigenvalue weighted by molar-refractivity contribution is 0.0939. The molecule has 0 aliphatic rings. The number of methoxy groups -OCH3 is 1. The second-order valence-electron chi connectivity index (χ2n) is 5.33. The average molecular weight is 302 g/mol. The minimum absolute atomic E-state index is 0.00622. The predicted molar refractivity (Wildman–Crippen MR) is 84.6 cm³/mol. The summed E-state index contributed by atoms with van der Waals surface area (Å²) in [6.45, 7) is 1.03. The van der Waals surface area contributed by atoms with Gasteiger partial charge >= 0.3 is 0 Å².